The van der Waals surface area contributed by atoms with Gasteiger partial charge < -0.3 is 4.74 Å². The summed E-state index contributed by atoms with van der Waals surface area (Å²) in [6.45, 7) is 14.8. The van der Waals surface area contributed by atoms with Crippen molar-refractivity contribution in [3.63, 3.8) is 0 Å². The van der Waals surface area contributed by atoms with Gasteiger partial charge in [0.05, 0.1) is 0 Å². The maximum atomic E-state index is 5.82. The van der Waals surface area contributed by atoms with Gasteiger partial charge in [-0.25, -0.2) is 0 Å². The molecular weight excluding hydrogens is 280 g/mol. The number of ether oxygens (including phenoxy) is 1. The molecule has 0 spiro atoms. The normalized spacial score (nSPS) is 9.39. The van der Waals surface area contributed by atoms with Gasteiger partial charge in [0.15, 0.2) is 0 Å². The summed E-state index contributed by atoms with van der Waals surface area (Å²) in [5.74, 6) is 2.64. The van der Waals surface area contributed by atoms with E-state index in [1.54, 1.807) is 0 Å². The maximum absolute atomic E-state index is 5.82. The van der Waals surface area contributed by atoms with Crippen LogP contribution in [-0.4, -0.2) is 0 Å². The lowest BCUT2D eigenvalue weighted by Gasteiger charge is -2.07. The summed E-state index contributed by atoms with van der Waals surface area (Å²) in [7, 11) is 0. The Morgan fingerprint density at radius 1 is 0.870 bits per heavy atom. The van der Waals surface area contributed by atoms with Crippen LogP contribution in [0, 0.1) is 12.8 Å². The van der Waals surface area contributed by atoms with Crippen LogP contribution in [0.25, 0.3) is 0 Å². The summed E-state index contributed by atoms with van der Waals surface area (Å²) in [5.41, 5.74) is 2.58. The second-order valence-corrected chi connectivity index (χ2v) is 6.04. The number of rotatable bonds is 4. The van der Waals surface area contributed by atoms with E-state index < -0.39 is 0 Å². The third kappa shape index (κ3) is 10.6. The molecule has 0 atom stereocenters. The highest BCUT2D eigenvalue weighted by atomic mass is 16.5. The third-order valence-corrected chi connectivity index (χ3v) is 2.69. The minimum absolute atomic E-state index is 0.833. The molecule has 23 heavy (non-hydrogen) atoms. The van der Waals surface area contributed by atoms with Gasteiger partial charge in [-0.1, -0.05) is 77.8 Å². The summed E-state index contributed by atoms with van der Waals surface area (Å²) in [6, 6.07) is 16.4. The van der Waals surface area contributed by atoms with Crippen molar-refractivity contribution >= 4 is 0 Å². The Morgan fingerprint density at radius 2 is 1.43 bits per heavy atom. The zero-order chi connectivity index (χ0) is 17.7. The molecule has 2 aromatic carbocycles. The van der Waals surface area contributed by atoms with E-state index in [1.807, 2.05) is 32.0 Å². The summed E-state index contributed by atoms with van der Waals surface area (Å²) >= 11 is 0. The Kier molecular flexibility index (Phi) is 11.8. The molecule has 0 aliphatic heterocycles. The molecule has 2 rings (SSSR count). The van der Waals surface area contributed by atoms with Gasteiger partial charge in [0.2, 0.25) is 0 Å². The molecule has 0 aliphatic rings. The largest absolute Gasteiger partial charge is 0.457 e. The fraction of sp³-hybridized carbons (Fsp3) is 0.455. The molecule has 0 aliphatic carbocycles. The van der Waals surface area contributed by atoms with Gasteiger partial charge in [-0.3, -0.25) is 0 Å². The highest BCUT2D eigenvalue weighted by molar-refractivity contribution is 5.35. The molecule has 0 unspecified atom stereocenters. The fourth-order valence-electron chi connectivity index (χ4n) is 1.80. The summed E-state index contributed by atoms with van der Waals surface area (Å²) < 4.78 is 5.82. The molecule has 128 valence electrons. The SMILES string of the molecule is CC.CC(C)C.CCCc1cccc(Oc2ccc(C)cc2)c1. The Balaban J connectivity index is 0.000000705. The molecule has 0 N–H and O–H groups in total. The van der Waals surface area contributed by atoms with E-state index >= 15 is 0 Å². The molecule has 0 saturated heterocycles. The van der Waals surface area contributed by atoms with Crippen LogP contribution in [0.3, 0.4) is 0 Å². The van der Waals surface area contributed by atoms with E-state index in [9.17, 15) is 0 Å². The van der Waals surface area contributed by atoms with E-state index in [1.165, 1.54) is 11.1 Å². The lowest BCUT2D eigenvalue weighted by Crippen LogP contribution is -1.87. The Bertz CT molecular complexity index is 509. The lowest BCUT2D eigenvalue weighted by atomic mass is 10.1. The lowest BCUT2D eigenvalue weighted by molar-refractivity contribution is 0.482. The van der Waals surface area contributed by atoms with Crippen LogP contribution in [0.15, 0.2) is 48.5 Å². The molecule has 0 saturated carbocycles. The van der Waals surface area contributed by atoms with Crippen LogP contribution >= 0.6 is 0 Å². The number of hydrogen-bond donors (Lipinski definition) is 0. The van der Waals surface area contributed by atoms with Crippen LogP contribution in [0.4, 0.5) is 0 Å². The fourth-order valence-corrected chi connectivity index (χ4v) is 1.80. The summed E-state index contributed by atoms with van der Waals surface area (Å²) in [4.78, 5) is 0. The molecule has 1 nitrogen and oxygen atoms in total. The minimum Gasteiger partial charge on any atom is -0.457 e. The van der Waals surface area contributed by atoms with E-state index in [2.05, 4.69) is 65.0 Å². The minimum atomic E-state index is 0.833. The van der Waals surface area contributed by atoms with E-state index in [0.717, 1.165) is 30.3 Å². The molecule has 2 aromatic rings. The van der Waals surface area contributed by atoms with Crippen molar-refractivity contribution in [2.45, 2.75) is 61.3 Å². The predicted octanol–water partition coefficient (Wildman–Crippen LogP) is 7.43. The van der Waals surface area contributed by atoms with Gasteiger partial charge in [0.1, 0.15) is 11.5 Å². The van der Waals surface area contributed by atoms with E-state index in [0.29, 0.717) is 0 Å². The Morgan fingerprint density at radius 3 is 1.96 bits per heavy atom. The maximum Gasteiger partial charge on any atom is 0.127 e. The van der Waals surface area contributed by atoms with Crippen molar-refractivity contribution in [2.75, 3.05) is 0 Å². The summed E-state index contributed by atoms with van der Waals surface area (Å²) in [5, 5.41) is 0. The Labute approximate surface area is 143 Å². The van der Waals surface area contributed by atoms with Crippen molar-refractivity contribution in [3.8, 4) is 11.5 Å². The molecule has 1 heteroatoms. The first-order chi connectivity index (χ1) is 11.0. The molecule has 0 bridgehead atoms. The third-order valence-electron chi connectivity index (χ3n) is 2.69. The van der Waals surface area contributed by atoms with E-state index in [4.69, 9.17) is 4.74 Å². The van der Waals surface area contributed by atoms with Crippen LogP contribution in [-0.2, 0) is 6.42 Å². The second kappa shape index (κ2) is 12.8. The average molecular weight is 315 g/mol. The zero-order valence-corrected chi connectivity index (χ0v) is 16.0. The van der Waals surface area contributed by atoms with Gasteiger partial charge in [-0.15, -0.1) is 0 Å². The monoisotopic (exact) mass is 314 g/mol. The van der Waals surface area contributed by atoms with Gasteiger partial charge in [-0.05, 0) is 49.1 Å². The van der Waals surface area contributed by atoms with Gasteiger partial charge in [0, 0.05) is 0 Å². The summed E-state index contributed by atoms with van der Waals surface area (Å²) in [6.07, 6.45) is 2.26. The number of hydrogen-bond acceptors (Lipinski definition) is 1. The first-order valence-electron chi connectivity index (χ1n) is 8.84. The van der Waals surface area contributed by atoms with Crippen molar-refractivity contribution in [1.29, 1.82) is 0 Å². The predicted molar refractivity (Wildman–Crippen MR) is 104 cm³/mol. The molecular formula is C22H34O. The van der Waals surface area contributed by atoms with Gasteiger partial charge in [0.25, 0.3) is 0 Å². The van der Waals surface area contributed by atoms with Crippen LogP contribution in [0.1, 0.15) is 59.1 Å². The molecule has 0 heterocycles. The highest BCUT2D eigenvalue weighted by Crippen LogP contribution is 2.22. The number of aryl methyl sites for hydroxylation is 2. The van der Waals surface area contributed by atoms with Crippen molar-refractivity contribution < 1.29 is 4.74 Å². The highest BCUT2D eigenvalue weighted by Gasteiger charge is 1.98. The standard InChI is InChI=1S/C16H18O.C4H10.C2H6/c1-3-5-14-6-4-7-16(12-14)17-15-10-8-13(2)9-11-15;1-4(2)3;1-2/h4,6-12H,3,5H2,1-2H3;4H,1-3H3;1-2H3. The topological polar surface area (TPSA) is 9.23 Å². The number of benzene rings is 2. The first kappa shape index (κ1) is 21.2. The second-order valence-electron chi connectivity index (χ2n) is 6.04. The molecule has 0 fully saturated rings. The molecule has 0 amide bonds. The zero-order valence-electron chi connectivity index (χ0n) is 16.0. The van der Waals surface area contributed by atoms with Crippen molar-refractivity contribution in [1.82, 2.24) is 0 Å². The van der Waals surface area contributed by atoms with Gasteiger partial charge >= 0.3 is 0 Å². The average Bonchev–Trinajstić information content (AvgIpc) is 2.52. The van der Waals surface area contributed by atoms with Crippen molar-refractivity contribution in [3.05, 3.63) is 59.7 Å². The quantitative estimate of drug-likeness (QED) is 0.570. The molecule has 0 aromatic heterocycles. The first-order valence-corrected chi connectivity index (χ1v) is 8.84. The Hall–Kier alpha value is -1.76. The van der Waals surface area contributed by atoms with Crippen LogP contribution in [0.5, 0.6) is 11.5 Å². The molecule has 0 radical (unpaired) electrons. The van der Waals surface area contributed by atoms with E-state index in [-0.39, 0.29) is 0 Å². The smallest absolute Gasteiger partial charge is 0.127 e. The van der Waals surface area contributed by atoms with Gasteiger partial charge in [-0.2, -0.15) is 0 Å². The van der Waals surface area contributed by atoms with Crippen LogP contribution < -0.4 is 4.74 Å². The van der Waals surface area contributed by atoms with Crippen molar-refractivity contribution in [2.24, 2.45) is 5.92 Å². The van der Waals surface area contributed by atoms with Crippen LogP contribution in [0.2, 0.25) is 0 Å².